The summed E-state index contributed by atoms with van der Waals surface area (Å²) in [5.74, 6) is 0. The van der Waals surface area contributed by atoms with Crippen molar-refractivity contribution in [3.8, 4) is 0 Å². The van der Waals surface area contributed by atoms with Crippen molar-refractivity contribution in [2.45, 2.75) is 24.1 Å². The molecule has 0 aromatic rings. The van der Waals surface area contributed by atoms with E-state index >= 15 is 0 Å². The SMILES string of the molecule is NC1(S)CCC1. The topological polar surface area (TPSA) is 26.0 Å². The molecule has 36 valence electrons. The molecule has 0 unspecified atom stereocenters. The number of hydrogen-bond donors (Lipinski definition) is 2. The Morgan fingerprint density at radius 3 is 1.83 bits per heavy atom. The lowest BCUT2D eigenvalue weighted by molar-refractivity contribution is 0.378. The van der Waals surface area contributed by atoms with Crippen molar-refractivity contribution in [2.24, 2.45) is 5.73 Å². The molecule has 1 nitrogen and oxygen atoms in total. The van der Waals surface area contributed by atoms with E-state index in [4.69, 9.17) is 5.73 Å². The van der Waals surface area contributed by atoms with Crippen molar-refractivity contribution in [1.82, 2.24) is 0 Å². The summed E-state index contributed by atoms with van der Waals surface area (Å²) in [6.45, 7) is 0. The Labute approximate surface area is 43.3 Å². The molecule has 0 saturated heterocycles. The fourth-order valence-corrected chi connectivity index (χ4v) is 0.855. The van der Waals surface area contributed by atoms with E-state index < -0.39 is 0 Å². The summed E-state index contributed by atoms with van der Waals surface area (Å²) in [6, 6.07) is 0. The second-order valence-electron chi connectivity index (χ2n) is 1.96. The predicted octanol–water partition coefficient (Wildman–Crippen LogP) is 0.755. The molecule has 0 heterocycles. The summed E-state index contributed by atoms with van der Waals surface area (Å²) in [7, 11) is 0. The first-order chi connectivity index (χ1) is 2.71. The second-order valence-corrected chi connectivity index (χ2v) is 2.85. The minimum absolute atomic E-state index is 0.0833. The second kappa shape index (κ2) is 1.14. The number of hydrogen-bond acceptors (Lipinski definition) is 2. The van der Waals surface area contributed by atoms with E-state index in [1.807, 2.05) is 0 Å². The number of rotatable bonds is 0. The lowest BCUT2D eigenvalue weighted by atomic mass is 9.93. The molecule has 2 N–H and O–H groups in total. The summed E-state index contributed by atoms with van der Waals surface area (Å²) >= 11 is 4.12. The zero-order chi connectivity index (χ0) is 4.62. The van der Waals surface area contributed by atoms with Gasteiger partial charge in [0.25, 0.3) is 0 Å². The van der Waals surface area contributed by atoms with Crippen LogP contribution in [0, 0.1) is 0 Å². The number of nitrogens with two attached hydrogens (primary N) is 1. The third-order valence-corrected chi connectivity index (χ3v) is 1.67. The molecule has 1 rings (SSSR count). The summed E-state index contributed by atoms with van der Waals surface area (Å²) < 4.78 is 0. The highest BCUT2D eigenvalue weighted by atomic mass is 32.1. The molecule has 0 amide bonds. The van der Waals surface area contributed by atoms with Crippen LogP contribution in [-0.4, -0.2) is 4.87 Å². The average molecular weight is 103 g/mol. The van der Waals surface area contributed by atoms with Crippen molar-refractivity contribution in [3.63, 3.8) is 0 Å². The van der Waals surface area contributed by atoms with Gasteiger partial charge in [-0.15, -0.1) is 0 Å². The molecule has 0 aromatic heterocycles. The Kier molecular flexibility index (Phi) is 0.848. The fraction of sp³-hybridized carbons (Fsp3) is 1.00. The van der Waals surface area contributed by atoms with Gasteiger partial charge < -0.3 is 5.73 Å². The van der Waals surface area contributed by atoms with Crippen LogP contribution >= 0.6 is 12.6 Å². The van der Waals surface area contributed by atoms with Crippen LogP contribution in [0.4, 0.5) is 0 Å². The van der Waals surface area contributed by atoms with Gasteiger partial charge in [-0.2, -0.15) is 12.6 Å². The molecule has 1 saturated carbocycles. The zero-order valence-electron chi connectivity index (χ0n) is 3.65. The first kappa shape index (κ1) is 4.47. The smallest absolute Gasteiger partial charge is 0.0590 e. The first-order valence-electron chi connectivity index (χ1n) is 2.22. The van der Waals surface area contributed by atoms with Crippen LogP contribution in [0.1, 0.15) is 19.3 Å². The van der Waals surface area contributed by atoms with Gasteiger partial charge in [0.15, 0.2) is 0 Å². The molecular weight excluding hydrogens is 94.1 g/mol. The van der Waals surface area contributed by atoms with Crippen molar-refractivity contribution >= 4 is 12.6 Å². The molecule has 0 spiro atoms. The molecule has 0 bridgehead atoms. The molecule has 1 aliphatic rings. The highest BCUT2D eigenvalue weighted by Gasteiger charge is 2.27. The Morgan fingerprint density at radius 1 is 1.50 bits per heavy atom. The molecule has 0 aliphatic heterocycles. The number of thiol groups is 1. The minimum atomic E-state index is -0.0833. The van der Waals surface area contributed by atoms with E-state index in [0.29, 0.717) is 0 Å². The van der Waals surface area contributed by atoms with Gasteiger partial charge >= 0.3 is 0 Å². The maximum atomic E-state index is 5.49. The normalized spacial score (nSPS) is 29.0. The van der Waals surface area contributed by atoms with Gasteiger partial charge in [0, 0.05) is 0 Å². The van der Waals surface area contributed by atoms with Crippen molar-refractivity contribution in [3.05, 3.63) is 0 Å². The molecule has 6 heavy (non-hydrogen) atoms. The average Bonchev–Trinajstić information content (AvgIpc) is 1.32. The molecule has 1 fully saturated rings. The third-order valence-electron chi connectivity index (χ3n) is 1.22. The summed E-state index contributed by atoms with van der Waals surface area (Å²) in [6.07, 6.45) is 3.45. The molecule has 0 atom stereocenters. The van der Waals surface area contributed by atoms with Crippen LogP contribution in [0.3, 0.4) is 0 Å². The van der Waals surface area contributed by atoms with E-state index in [0.717, 1.165) is 12.8 Å². The Morgan fingerprint density at radius 2 is 1.83 bits per heavy atom. The van der Waals surface area contributed by atoms with Gasteiger partial charge in [-0.3, -0.25) is 0 Å². The summed E-state index contributed by atoms with van der Waals surface area (Å²) in [4.78, 5) is -0.0833. The van der Waals surface area contributed by atoms with Gasteiger partial charge in [0.1, 0.15) is 0 Å². The third kappa shape index (κ3) is 0.684. The maximum Gasteiger partial charge on any atom is 0.0590 e. The van der Waals surface area contributed by atoms with E-state index in [-0.39, 0.29) is 4.87 Å². The molecule has 1 aliphatic carbocycles. The van der Waals surface area contributed by atoms with E-state index in [1.54, 1.807) is 0 Å². The van der Waals surface area contributed by atoms with Gasteiger partial charge in [0.05, 0.1) is 4.87 Å². The van der Waals surface area contributed by atoms with Crippen LogP contribution < -0.4 is 5.73 Å². The van der Waals surface area contributed by atoms with Crippen molar-refractivity contribution < 1.29 is 0 Å². The zero-order valence-corrected chi connectivity index (χ0v) is 4.54. The van der Waals surface area contributed by atoms with Crippen LogP contribution in [-0.2, 0) is 0 Å². The Balaban J connectivity index is 2.31. The van der Waals surface area contributed by atoms with Gasteiger partial charge in [-0.25, -0.2) is 0 Å². The first-order valence-corrected chi connectivity index (χ1v) is 2.67. The van der Waals surface area contributed by atoms with Gasteiger partial charge in [-0.05, 0) is 19.3 Å². The van der Waals surface area contributed by atoms with Crippen LogP contribution in [0.2, 0.25) is 0 Å². The van der Waals surface area contributed by atoms with Crippen molar-refractivity contribution in [1.29, 1.82) is 0 Å². The Hall–Kier alpha value is 0.310. The maximum absolute atomic E-state index is 5.49. The standard InChI is InChI=1S/C4H9NS/c5-4(6)2-1-3-4/h6H,1-3,5H2. The largest absolute Gasteiger partial charge is 0.317 e. The van der Waals surface area contributed by atoms with E-state index in [9.17, 15) is 0 Å². The summed E-state index contributed by atoms with van der Waals surface area (Å²) in [5.41, 5.74) is 5.49. The van der Waals surface area contributed by atoms with E-state index in [1.165, 1.54) is 6.42 Å². The molecule has 0 radical (unpaired) electrons. The monoisotopic (exact) mass is 103 g/mol. The highest BCUT2D eigenvalue weighted by molar-refractivity contribution is 7.81. The highest BCUT2D eigenvalue weighted by Crippen LogP contribution is 2.31. The fourth-order valence-electron chi connectivity index (χ4n) is 0.539. The lowest BCUT2D eigenvalue weighted by Crippen LogP contribution is -2.40. The summed E-state index contributed by atoms with van der Waals surface area (Å²) in [5, 5.41) is 0. The quantitative estimate of drug-likeness (QED) is 0.343. The van der Waals surface area contributed by atoms with Crippen LogP contribution in [0.5, 0.6) is 0 Å². The van der Waals surface area contributed by atoms with Gasteiger partial charge in [0.2, 0.25) is 0 Å². The molecule has 2 heteroatoms. The minimum Gasteiger partial charge on any atom is -0.317 e. The Bertz CT molecular complexity index is 54.6. The predicted molar refractivity (Wildman–Crippen MR) is 29.8 cm³/mol. The van der Waals surface area contributed by atoms with Crippen LogP contribution in [0.25, 0.3) is 0 Å². The molecule has 0 aromatic carbocycles. The van der Waals surface area contributed by atoms with Crippen LogP contribution in [0.15, 0.2) is 0 Å². The van der Waals surface area contributed by atoms with E-state index in [2.05, 4.69) is 12.6 Å². The molecular formula is C4H9NS. The lowest BCUT2D eigenvalue weighted by Gasteiger charge is -2.32. The van der Waals surface area contributed by atoms with Crippen molar-refractivity contribution in [2.75, 3.05) is 0 Å². The van der Waals surface area contributed by atoms with Gasteiger partial charge in [-0.1, -0.05) is 0 Å².